The second-order valence-electron chi connectivity index (χ2n) is 3.62. The minimum atomic E-state index is -0.342. The lowest BCUT2D eigenvalue weighted by molar-refractivity contribution is -0.118. The average Bonchev–Trinajstić information content (AvgIpc) is 2.16. The number of carbonyl (C=O) groups excluding carboxylic acids is 1. The predicted molar refractivity (Wildman–Crippen MR) is 61.5 cm³/mol. The van der Waals surface area contributed by atoms with Crippen molar-refractivity contribution in [3.8, 4) is 0 Å². The minimum Gasteiger partial charge on any atom is -0.381 e. The van der Waals surface area contributed by atoms with E-state index in [4.69, 9.17) is 11.5 Å². The van der Waals surface area contributed by atoms with E-state index in [0.29, 0.717) is 6.54 Å². The SMILES string of the molecule is Cc1cccc(NC(CN)CC(N)=O)c1. The van der Waals surface area contributed by atoms with Crippen molar-refractivity contribution < 1.29 is 4.79 Å². The number of primary amides is 1. The fraction of sp³-hybridized carbons (Fsp3) is 0.364. The van der Waals surface area contributed by atoms with Crippen LogP contribution in [0.15, 0.2) is 24.3 Å². The number of aryl methyl sites for hydroxylation is 1. The summed E-state index contributed by atoms with van der Waals surface area (Å²) in [5.41, 5.74) is 12.8. The summed E-state index contributed by atoms with van der Waals surface area (Å²) in [4.78, 5) is 10.8. The third-order valence-electron chi connectivity index (χ3n) is 2.12. The number of hydrogen-bond acceptors (Lipinski definition) is 3. The van der Waals surface area contributed by atoms with Crippen LogP contribution in [0.5, 0.6) is 0 Å². The molecule has 5 N–H and O–H groups in total. The molecule has 15 heavy (non-hydrogen) atoms. The van der Waals surface area contributed by atoms with Gasteiger partial charge in [-0.2, -0.15) is 0 Å². The molecule has 4 nitrogen and oxygen atoms in total. The molecule has 1 aromatic rings. The molecule has 0 saturated carbocycles. The molecule has 0 aliphatic carbocycles. The lowest BCUT2D eigenvalue weighted by Gasteiger charge is -2.16. The number of nitrogens with one attached hydrogen (secondary N) is 1. The largest absolute Gasteiger partial charge is 0.381 e. The molecule has 1 rings (SSSR count). The Kier molecular flexibility index (Phi) is 4.12. The Morgan fingerprint density at radius 2 is 2.27 bits per heavy atom. The summed E-state index contributed by atoms with van der Waals surface area (Å²) >= 11 is 0. The standard InChI is InChI=1S/C11H17N3O/c1-8-3-2-4-9(5-8)14-10(7-12)6-11(13)15/h2-5,10,14H,6-7,12H2,1H3,(H2,13,15). The van der Waals surface area contributed by atoms with Crippen molar-refractivity contribution in [2.24, 2.45) is 11.5 Å². The highest BCUT2D eigenvalue weighted by atomic mass is 16.1. The molecule has 0 bridgehead atoms. The van der Waals surface area contributed by atoms with Crippen molar-refractivity contribution in [2.75, 3.05) is 11.9 Å². The highest BCUT2D eigenvalue weighted by Crippen LogP contribution is 2.11. The molecule has 4 heteroatoms. The maximum atomic E-state index is 10.8. The van der Waals surface area contributed by atoms with E-state index >= 15 is 0 Å². The molecule has 82 valence electrons. The zero-order valence-electron chi connectivity index (χ0n) is 8.86. The highest BCUT2D eigenvalue weighted by molar-refractivity contribution is 5.75. The lowest BCUT2D eigenvalue weighted by atomic mass is 10.1. The van der Waals surface area contributed by atoms with E-state index in [9.17, 15) is 4.79 Å². The van der Waals surface area contributed by atoms with Crippen molar-refractivity contribution in [1.29, 1.82) is 0 Å². The first-order valence-corrected chi connectivity index (χ1v) is 4.93. The van der Waals surface area contributed by atoms with Crippen LogP contribution in [-0.2, 0) is 4.79 Å². The fourth-order valence-electron chi connectivity index (χ4n) is 1.41. The zero-order valence-corrected chi connectivity index (χ0v) is 8.86. The third kappa shape index (κ3) is 3.99. The highest BCUT2D eigenvalue weighted by Gasteiger charge is 2.09. The monoisotopic (exact) mass is 207 g/mol. The number of hydrogen-bond donors (Lipinski definition) is 3. The van der Waals surface area contributed by atoms with Gasteiger partial charge in [-0.15, -0.1) is 0 Å². The van der Waals surface area contributed by atoms with Gasteiger partial charge >= 0.3 is 0 Å². The first kappa shape index (κ1) is 11.5. The Morgan fingerprint density at radius 3 is 2.80 bits per heavy atom. The molecule has 0 aliphatic rings. The first-order chi connectivity index (χ1) is 7.11. The summed E-state index contributed by atoms with van der Waals surface area (Å²) in [5, 5.41) is 3.18. The fourth-order valence-corrected chi connectivity index (χ4v) is 1.41. The van der Waals surface area contributed by atoms with Crippen LogP contribution >= 0.6 is 0 Å². The van der Waals surface area contributed by atoms with Gasteiger partial charge in [-0.1, -0.05) is 12.1 Å². The average molecular weight is 207 g/mol. The predicted octanol–water partition coefficient (Wildman–Crippen LogP) is 0.610. The van der Waals surface area contributed by atoms with Gasteiger partial charge in [0.2, 0.25) is 5.91 Å². The van der Waals surface area contributed by atoms with Crippen LogP contribution in [0.3, 0.4) is 0 Å². The van der Waals surface area contributed by atoms with E-state index in [0.717, 1.165) is 11.3 Å². The van der Waals surface area contributed by atoms with Gasteiger partial charge in [-0.25, -0.2) is 0 Å². The Bertz CT molecular complexity index is 338. The summed E-state index contributed by atoms with van der Waals surface area (Å²) in [6, 6.07) is 7.82. The van der Waals surface area contributed by atoms with E-state index in [1.807, 2.05) is 31.2 Å². The van der Waals surface area contributed by atoms with E-state index in [1.54, 1.807) is 0 Å². The number of benzene rings is 1. The quantitative estimate of drug-likeness (QED) is 0.661. The van der Waals surface area contributed by atoms with Crippen LogP contribution in [0.1, 0.15) is 12.0 Å². The van der Waals surface area contributed by atoms with Crippen LogP contribution in [-0.4, -0.2) is 18.5 Å². The molecule has 0 heterocycles. The summed E-state index contributed by atoms with van der Waals surface area (Å²) < 4.78 is 0. The molecule has 0 aromatic heterocycles. The van der Waals surface area contributed by atoms with Gasteiger partial charge in [0.15, 0.2) is 0 Å². The van der Waals surface area contributed by atoms with Crippen LogP contribution in [0.2, 0.25) is 0 Å². The molecule has 0 saturated heterocycles. The number of rotatable bonds is 5. The van der Waals surface area contributed by atoms with E-state index in [2.05, 4.69) is 5.32 Å². The van der Waals surface area contributed by atoms with E-state index < -0.39 is 0 Å². The number of amides is 1. The second kappa shape index (κ2) is 5.36. The van der Waals surface area contributed by atoms with Crippen LogP contribution in [0, 0.1) is 6.92 Å². The summed E-state index contributed by atoms with van der Waals surface area (Å²) in [6.07, 6.45) is 0.254. The van der Waals surface area contributed by atoms with Gasteiger partial charge < -0.3 is 16.8 Å². The van der Waals surface area contributed by atoms with Crippen molar-refractivity contribution >= 4 is 11.6 Å². The Labute approximate surface area is 89.6 Å². The van der Waals surface area contributed by atoms with Crippen molar-refractivity contribution in [2.45, 2.75) is 19.4 Å². The molecule has 0 spiro atoms. The maximum Gasteiger partial charge on any atom is 0.219 e. The molecule has 1 aromatic carbocycles. The second-order valence-corrected chi connectivity index (χ2v) is 3.62. The molecule has 1 atom stereocenters. The molecule has 0 radical (unpaired) electrons. The molecular weight excluding hydrogens is 190 g/mol. The van der Waals surface area contributed by atoms with Gasteiger partial charge in [-0.3, -0.25) is 4.79 Å². The first-order valence-electron chi connectivity index (χ1n) is 4.93. The Hall–Kier alpha value is -1.55. The van der Waals surface area contributed by atoms with Gasteiger partial charge in [0.05, 0.1) is 0 Å². The molecule has 1 amide bonds. The lowest BCUT2D eigenvalue weighted by Crippen LogP contribution is -2.33. The number of anilines is 1. The van der Waals surface area contributed by atoms with Gasteiger partial charge in [0.25, 0.3) is 0 Å². The van der Waals surface area contributed by atoms with Crippen LogP contribution in [0.4, 0.5) is 5.69 Å². The normalized spacial score (nSPS) is 12.1. The molecule has 0 aliphatic heterocycles. The maximum absolute atomic E-state index is 10.8. The van der Waals surface area contributed by atoms with Crippen LogP contribution in [0.25, 0.3) is 0 Å². The van der Waals surface area contributed by atoms with Gasteiger partial charge in [-0.05, 0) is 24.6 Å². The van der Waals surface area contributed by atoms with Crippen molar-refractivity contribution in [3.63, 3.8) is 0 Å². The van der Waals surface area contributed by atoms with E-state index in [1.165, 1.54) is 0 Å². The third-order valence-corrected chi connectivity index (χ3v) is 2.12. The molecule has 0 fully saturated rings. The minimum absolute atomic E-state index is 0.0932. The zero-order chi connectivity index (χ0) is 11.3. The summed E-state index contributed by atoms with van der Waals surface area (Å²) in [6.45, 7) is 2.40. The Morgan fingerprint density at radius 1 is 1.53 bits per heavy atom. The Balaban J connectivity index is 2.62. The molecular formula is C11H17N3O. The number of carbonyl (C=O) groups is 1. The molecule has 1 unspecified atom stereocenters. The van der Waals surface area contributed by atoms with Gasteiger partial charge in [0.1, 0.15) is 0 Å². The topological polar surface area (TPSA) is 81.1 Å². The number of nitrogens with two attached hydrogens (primary N) is 2. The van der Waals surface area contributed by atoms with Crippen LogP contribution < -0.4 is 16.8 Å². The van der Waals surface area contributed by atoms with Crippen molar-refractivity contribution in [1.82, 2.24) is 0 Å². The van der Waals surface area contributed by atoms with Gasteiger partial charge in [0, 0.05) is 24.7 Å². The summed E-state index contributed by atoms with van der Waals surface area (Å²) in [5.74, 6) is -0.342. The van der Waals surface area contributed by atoms with Crippen molar-refractivity contribution in [3.05, 3.63) is 29.8 Å². The summed E-state index contributed by atoms with van der Waals surface area (Å²) in [7, 11) is 0. The smallest absolute Gasteiger partial charge is 0.219 e. The van der Waals surface area contributed by atoms with E-state index in [-0.39, 0.29) is 18.4 Å².